The van der Waals surface area contributed by atoms with Gasteiger partial charge < -0.3 is 14.6 Å². The van der Waals surface area contributed by atoms with E-state index in [1.54, 1.807) is 12.1 Å². The monoisotopic (exact) mass is 257 g/mol. The van der Waals surface area contributed by atoms with Gasteiger partial charge in [0.05, 0.1) is 0 Å². The summed E-state index contributed by atoms with van der Waals surface area (Å²) in [5, 5.41) is 3.14. The first-order chi connectivity index (χ1) is 9.29. The van der Waals surface area contributed by atoms with Gasteiger partial charge in [0.15, 0.2) is 12.0 Å². The predicted octanol–water partition coefficient (Wildman–Crippen LogP) is 1.26. The number of aromatic nitrogens is 1. The highest BCUT2D eigenvalue weighted by Crippen LogP contribution is 2.28. The van der Waals surface area contributed by atoms with Crippen LogP contribution in [-0.2, 0) is 0 Å². The van der Waals surface area contributed by atoms with Crippen molar-refractivity contribution >= 4 is 17.0 Å². The molecular formula is C14H15N3O2. The molecule has 2 fully saturated rings. The van der Waals surface area contributed by atoms with Gasteiger partial charge in [-0.2, -0.15) is 0 Å². The van der Waals surface area contributed by atoms with Crippen molar-refractivity contribution in [2.24, 2.45) is 5.92 Å². The Balaban J connectivity index is 1.53. The van der Waals surface area contributed by atoms with E-state index in [1.165, 1.54) is 19.4 Å². The van der Waals surface area contributed by atoms with Gasteiger partial charge in [0.25, 0.3) is 5.91 Å². The SMILES string of the molecule is O=C(NC1CN2CC[C@H]1C2)c1ccc2ncoc2c1. The van der Waals surface area contributed by atoms with Gasteiger partial charge in [-0.3, -0.25) is 4.79 Å². The summed E-state index contributed by atoms with van der Waals surface area (Å²) in [4.78, 5) is 18.7. The molecule has 3 atom stereocenters. The zero-order valence-electron chi connectivity index (χ0n) is 10.5. The summed E-state index contributed by atoms with van der Waals surface area (Å²) >= 11 is 0. The molecule has 1 aromatic heterocycles. The third-order valence-electron chi connectivity index (χ3n) is 4.24. The molecule has 2 bridgehead atoms. The summed E-state index contributed by atoms with van der Waals surface area (Å²) in [5.74, 6) is 0.606. The van der Waals surface area contributed by atoms with E-state index < -0.39 is 0 Å². The Morgan fingerprint density at radius 2 is 2.37 bits per heavy atom. The number of oxazole rings is 1. The summed E-state index contributed by atoms with van der Waals surface area (Å²) in [6.07, 6.45) is 2.60. The van der Waals surface area contributed by atoms with Gasteiger partial charge in [-0.1, -0.05) is 0 Å². The number of amides is 1. The van der Waals surface area contributed by atoms with Gasteiger partial charge in [-0.05, 0) is 37.1 Å². The van der Waals surface area contributed by atoms with Gasteiger partial charge in [-0.25, -0.2) is 4.98 Å². The van der Waals surface area contributed by atoms with Gasteiger partial charge in [0, 0.05) is 24.7 Å². The lowest BCUT2D eigenvalue weighted by Crippen LogP contribution is -2.43. The molecule has 4 rings (SSSR count). The number of carbonyl (C=O) groups excluding carboxylic acids is 1. The Morgan fingerprint density at radius 3 is 3.16 bits per heavy atom. The standard InChI is InChI=1S/C14H15N3O2/c18-14(16-12-7-17-4-3-10(12)6-17)9-1-2-11-13(5-9)19-8-15-11/h1-2,5,8,10,12H,3-4,6-7H2,(H,16,18)/t10-,12?/m0/s1. The van der Waals surface area contributed by atoms with Crippen LogP contribution < -0.4 is 5.32 Å². The van der Waals surface area contributed by atoms with Gasteiger partial charge >= 0.3 is 0 Å². The number of nitrogens with zero attached hydrogens (tertiary/aromatic N) is 2. The van der Waals surface area contributed by atoms with Crippen molar-refractivity contribution in [3.8, 4) is 0 Å². The third kappa shape index (κ3) is 1.81. The first-order valence-electron chi connectivity index (χ1n) is 6.66. The number of benzene rings is 1. The quantitative estimate of drug-likeness (QED) is 0.880. The number of hydrogen-bond donors (Lipinski definition) is 1. The second-order valence-corrected chi connectivity index (χ2v) is 5.42. The number of nitrogens with one attached hydrogen (secondary N) is 1. The Labute approximate surface area is 110 Å². The molecule has 2 unspecified atom stereocenters. The molecule has 98 valence electrons. The van der Waals surface area contributed by atoms with Gasteiger partial charge in [0.1, 0.15) is 5.52 Å². The summed E-state index contributed by atoms with van der Waals surface area (Å²) in [5.41, 5.74) is 2.08. The fourth-order valence-corrected chi connectivity index (χ4v) is 3.20. The Kier molecular flexibility index (Phi) is 2.35. The van der Waals surface area contributed by atoms with Gasteiger partial charge in [-0.15, -0.1) is 0 Å². The van der Waals surface area contributed by atoms with Gasteiger partial charge in [0.2, 0.25) is 0 Å². The fraction of sp³-hybridized carbons (Fsp3) is 0.429. The molecular weight excluding hydrogens is 242 g/mol. The minimum Gasteiger partial charge on any atom is -0.443 e. The molecule has 0 aliphatic carbocycles. The largest absolute Gasteiger partial charge is 0.443 e. The minimum absolute atomic E-state index is 0.0166. The lowest BCUT2D eigenvalue weighted by atomic mass is 9.99. The van der Waals surface area contributed by atoms with Crippen LogP contribution in [0.4, 0.5) is 0 Å². The van der Waals surface area contributed by atoms with E-state index in [4.69, 9.17) is 4.42 Å². The van der Waals surface area contributed by atoms with Crippen molar-refractivity contribution in [1.29, 1.82) is 0 Å². The smallest absolute Gasteiger partial charge is 0.251 e. The Morgan fingerprint density at radius 1 is 1.42 bits per heavy atom. The first-order valence-corrected chi connectivity index (χ1v) is 6.66. The molecule has 5 nitrogen and oxygen atoms in total. The van der Waals surface area contributed by atoms with E-state index in [1.807, 2.05) is 6.07 Å². The first kappa shape index (κ1) is 11.0. The van der Waals surface area contributed by atoms with Crippen LogP contribution >= 0.6 is 0 Å². The molecule has 1 aromatic carbocycles. The van der Waals surface area contributed by atoms with E-state index in [2.05, 4.69) is 15.2 Å². The highest BCUT2D eigenvalue weighted by atomic mass is 16.3. The molecule has 3 heterocycles. The molecule has 2 saturated heterocycles. The van der Waals surface area contributed by atoms with Crippen LogP contribution in [0, 0.1) is 5.92 Å². The van der Waals surface area contributed by atoms with Crippen molar-refractivity contribution in [3.05, 3.63) is 30.2 Å². The predicted molar refractivity (Wildman–Crippen MR) is 69.8 cm³/mol. The molecule has 19 heavy (non-hydrogen) atoms. The molecule has 0 radical (unpaired) electrons. The van der Waals surface area contributed by atoms with Crippen LogP contribution in [0.5, 0.6) is 0 Å². The lowest BCUT2D eigenvalue weighted by Gasteiger charge is -2.23. The van der Waals surface area contributed by atoms with Crippen molar-refractivity contribution < 1.29 is 9.21 Å². The average Bonchev–Trinajstić information content (AvgIpc) is 3.13. The van der Waals surface area contributed by atoms with E-state index in [-0.39, 0.29) is 5.91 Å². The van der Waals surface area contributed by atoms with Crippen LogP contribution in [0.1, 0.15) is 16.8 Å². The molecule has 1 amide bonds. The molecule has 0 saturated carbocycles. The maximum Gasteiger partial charge on any atom is 0.251 e. The van der Waals surface area contributed by atoms with Crippen molar-refractivity contribution in [1.82, 2.24) is 15.2 Å². The Bertz CT molecular complexity index is 636. The summed E-state index contributed by atoms with van der Waals surface area (Å²) in [6, 6.07) is 5.67. The van der Waals surface area contributed by atoms with E-state index in [9.17, 15) is 4.79 Å². The van der Waals surface area contributed by atoms with E-state index in [0.29, 0.717) is 23.1 Å². The number of carbonyl (C=O) groups is 1. The van der Waals surface area contributed by atoms with Crippen LogP contribution in [-0.4, -0.2) is 41.5 Å². The molecule has 2 aromatic rings. The van der Waals surface area contributed by atoms with Crippen molar-refractivity contribution in [2.75, 3.05) is 19.6 Å². The third-order valence-corrected chi connectivity index (χ3v) is 4.24. The summed E-state index contributed by atoms with van der Waals surface area (Å²) in [7, 11) is 0. The summed E-state index contributed by atoms with van der Waals surface area (Å²) in [6.45, 7) is 3.30. The maximum atomic E-state index is 12.3. The van der Waals surface area contributed by atoms with Crippen LogP contribution in [0.3, 0.4) is 0 Å². The zero-order chi connectivity index (χ0) is 12.8. The number of hydrogen-bond acceptors (Lipinski definition) is 4. The fourth-order valence-electron chi connectivity index (χ4n) is 3.20. The molecule has 1 N–H and O–H groups in total. The van der Waals surface area contributed by atoms with Crippen molar-refractivity contribution in [3.63, 3.8) is 0 Å². The normalized spacial score (nSPS) is 28.9. The Hall–Kier alpha value is -1.88. The number of piperidine rings is 1. The second kappa shape index (κ2) is 4.06. The maximum absolute atomic E-state index is 12.3. The highest BCUT2D eigenvalue weighted by Gasteiger charge is 2.38. The number of rotatable bonds is 2. The van der Waals surface area contributed by atoms with Crippen LogP contribution in [0.15, 0.2) is 29.0 Å². The molecule has 2 aliphatic rings. The summed E-state index contributed by atoms with van der Waals surface area (Å²) < 4.78 is 5.23. The van der Waals surface area contributed by atoms with E-state index in [0.717, 1.165) is 18.6 Å². The minimum atomic E-state index is -0.0166. The van der Waals surface area contributed by atoms with Crippen LogP contribution in [0.2, 0.25) is 0 Å². The molecule has 5 heteroatoms. The van der Waals surface area contributed by atoms with E-state index >= 15 is 0 Å². The second-order valence-electron chi connectivity index (χ2n) is 5.42. The lowest BCUT2D eigenvalue weighted by molar-refractivity contribution is 0.0924. The van der Waals surface area contributed by atoms with Crippen LogP contribution in [0.25, 0.3) is 11.1 Å². The zero-order valence-corrected chi connectivity index (χ0v) is 10.5. The molecule has 2 aliphatic heterocycles. The number of fused-ring (bicyclic) bond motifs is 3. The molecule has 0 spiro atoms. The topological polar surface area (TPSA) is 58.4 Å². The van der Waals surface area contributed by atoms with Crippen molar-refractivity contribution in [2.45, 2.75) is 12.5 Å². The highest BCUT2D eigenvalue weighted by molar-refractivity contribution is 5.97. The average molecular weight is 257 g/mol.